The van der Waals surface area contributed by atoms with E-state index in [1.54, 1.807) is 19.1 Å². The first-order valence-electron chi connectivity index (χ1n) is 9.01. The lowest BCUT2D eigenvalue weighted by atomic mass is 9.95. The number of halogens is 1. The molecule has 1 saturated heterocycles. The Morgan fingerprint density at radius 2 is 1.72 bits per heavy atom. The third kappa shape index (κ3) is 5.11. The van der Waals surface area contributed by atoms with Crippen molar-refractivity contribution in [3.8, 4) is 0 Å². The van der Waals surface area contributed by atoms with E-state index >= 15 is 0 Å². The quantitative estimate of drug-likeness (QED) is 0.846. The summed E-state index contributed by atoms with van der Waals surface area (Å²) in [7, 11) is 0. The van der Waals surface area contributed by atoms with Crippen molar-refractivity contribution in [1.82, 2.24) is 10.2 Å². The van der Waals surface area contributed by atoms with Gasteiger partial charge in [0.2, 0.25) is 0 Å². The Balaban J connectivity index is 1.45. The number of aliphatic hydroxyl groups is 1. The van der Waals surface area contributed by atoms with E-state index in [1.165, 1.54) is 17.7 Å². The van der Waals surface area contributed by atoms with Gasteiger partial charge in [-0.15, -0.1) is 0 Å². The van der Waals surface area contributed by atoms with Crippen LogP contribution in [0.1, 0.15) is 30.9 Å². The number of piperidine rings is 1. The summed E-state index contributed by atoms with van der Waals surface area (Å²) >= 11 is 0. The fourth-order valence-electron chi connectivity index (χ4n) is 3.39. The predicted octanol–water partition coefficient (Wildman–Crippen LogP) is 3.29. The molecule has 0 amide bonds. The molecule has 134 valence electrons. The summed E-state index contributed by atoms with van der Waals surface area (Å²) in [5.41, 5.74) is 1.10. The maximum absolute atomic E-state index is 13.0. The summed E-state index contributed by atoms with van der Waals surface area (Å²) < 4.78 is 13.0. The Kier molecular flexibility index (Phi) is 5.84. The summed E-state index contributed by atoms with van der Waals surface area (Å²) in [6.45, 7) is 5.37. The topological polar surface area (TPSA) is 35.5 Å². The second-order valence-corrected chi connectivity index (χ2v) is 7.20. The number of hydrogen-bond acceptors (Lipinski definition) is 3. The minimum atomic E-state index is -0.991. The van der Waals surface area contributed by atoms with Gasteiger partial charge < -0.3 is 10.4 Å². The lowest BCUT2D eigenvalue weighted by molar-refractivity contribution is 0.0499. The highest BCUT2D eigenvalue weighted by atomic mass is 19.1. The van der Waals surface area contributed by atoms with Crippen LogP contribution in [-0.4, -0.2) is 35.7 Å². The second-order valence-electron chi connectivity index (χ2n) is 7.20. The van der Waals surface area contributed by atoms with E-state index < -0.39 is 5.60 Å². The molecule has 0 radical (unpaired) electrons. The van der Waals surface area contributed by atoms with Crippen molar-refractivity contribution in [2.24, 2.45) is 0 Å². The molecule has 0 bridgehead atoms. The number of nitrogens with one attached hydrogen (secondary N) is 1. The first-order valence-corrected chi connectivity index (χ1v) is 9.01. The van der Waals surface area contributed by atoms with Crippen molar-refractivity contribution in [1.29, 1.82) is 0 Å². The van der Waals surface area contributed by atoms with Crippen LogP contribution >= 0.6 is 0 Å². The van der Waals surface area contributed by atoms with Gasteiger partial charge in [0.15, 0.2) is 0 Å². The van der Waals surface area contributed by atoms with Crippen LogP contribution in [0.15, 0.2) is 54.6 Å². The molecule has 1 fully saturated rings. The van der Waals surface area contributed by atoms with Crippen LogP contribution in [0.3, 0.4) is 0 Å². The highest BCUT2D eigenvalue weighted by molar-refractivity contribution is 5.22. The third-order valence-electron chi connectivity index (χ3n) is 5.04. The minimum Gasteiger partial charge on any atom is -0.384 e. The highest BCUT2D eigenvalue weighted by Crippen LogP contribution is 2.21. The molecule has 0 spiro atoms. The number of hydrogen-bond donors (Lipinski definition) is 2. The molecule has 1 aliphatic rings. The van der Waals surface area contributed by atoms with Gasteiger partial charge in [0.05, 0.1) is 5.60 Å². The fourth-order valence-corrected chi connectivity index (χ4v) is 3.39. The Morgan fingerprint density at radius 1 is 1.08 bits per heavy atom. The van der Waals surface area contributed by atoms with Gasteiger partial charge >= 0.3 is 0 Å². The molecule has 1 aliphatic heterocycles. The molecule has 3 nitrogen and oxygen atoms in total. The van der Waals surface area contributed by atoms with Crippen LogP contribution in [0.25, 0.3) is 0 Å². The lowest BCUT2D eigenvalue weighted by Crippen LogP contribution is -2.46. The molecule has 1 atom stereocenters. The Bertz CT molecular complexity index is 649. The summed E-state index contributed by atoms with van der Waals surface area (Å²) in [6.07, 6.45) is 2.15. The van der Waals surface area contributed by atoms with Crippen molar-refractivity contribution in [2.45, 2.75) is 38.0 Å². The van der Waals surface area contributed by atoms with E-state index in [-0.39, 0.29) is 5.82 Å². The van der Waals surface area contributed by atoms with Gasteiger partial charge in [0.25, 0.3) is 0 Å². The van der Waals surface area contributed by atoms with Crippen LogP contribution in [-0.2, 0) is 12.1 Å². The Labute approximate surface area is 149 Å². The largest absolute Gasteiger partial charge is 0.384 e. The predicted molar refractivity (Wildman–Crippen MR) is 98.7 cm³/mol. The summed E-state index contributed by atoms with van der Waals surface area (Å²) in [5, 5.41) is 14.1. The monoisotopic (exact) mass is 342 g/mol. The average Bonchev–Trinajstić information content (AvgIpc) is 2.62. The Hall–Kier alpha value is -1.75. The SMILES string of the molecule is CC(O)(CNC1CCN(Cc2ccccc2)CC1)c1ccc(F)cc1. The maximum atomic E-state index is 13.0. The van der Waals surface area contributed by atoms with Gasteiger partial charge in [0, 0.05) is 19.1 Å². The minimum absolute atomic E-state index is 0.279. The van der Waals surface area contributed by atoms with Gasteiger partial charge in [-0.25, -0.2) is 4.39 Å². The zero-order valence-electron chi connectivity index (χ0n) is 14.8. The summed E-state index contributed by atoms with van der Waals surface area (Å²) in [6, 6.07) is 17.1. The molecule has 2 N–H and O–H groups in total. The first-order chi connectivity index (χ1) is 12.0. The zero-order valence-corrected chi connectivity index (χ0v) is 14.8. The molecule has 3 rings (SSSR count). The third-order valence-corrected chi connectivity index (χ3v) is 5.04. The molecule has 1 heterocycles. The summed E-state index contributed by atoms with van der Waals surface area (Å²) in [5.74, 6) is -0.279. The van der Waals surface area contributed by atoms with E-state index in [2.05, 4.69) is 34.5 Å². The van der Waals surface area contributed by atoms with Crippen LogP contribution < -0.4 is 5.32 Å². The number of nitrogens with zero attached hydrogens (tertiary/aromatic N) is 1. The molecule has 0 aromatic heterocycles. The number of rotatable bonds is 6. The molecule has 1 unspecified atom stereocenters. The number of benzene rings is 2. The lowest BCUT2D eigenvalue weighted by Gasteiger charge is -2.34. The normalized spacial score (nSPS) is 18.8. The second kappa shape index (κ2) is 8.09. The molecule has 4 heteroatoms. The van der Waals surface area contributed by atoms with E-state index in [0.29, 0.717) is 12.6 Å². The van der Waals surface area contributed by atoms with Gasteiger partial charge in [-0.1, -0.05) is 42.5 Å². The van der Waals surface area contributed by atoms with Gasteiger partial charge in [0.1, 0.15) is 5.82 Å². The van der Waals surface area contributed by atoms with Crippen molar-refractivity contribution in [3.05, 3.63) is 71.5 Å². The highest BCUT2D eigenvalue weighted by Gasteiger charge is 2.26. The van der Waals surface area contributed by atoms with E-state index in [9.17, 15) is 9.50 Å². The molecule has 25 heavy (non-hydrogen) atoms. The number of likely N-dealkylation sites (tertiary alicyclic amines) is 1. The smallest absolute Gasteiger partial charge is 0.123 e. The van der Waals surface area contributed by atoms with Crippen LogP contribution in [0.2, 0.25) is 0 Å². The van der Waals surface area contributed by atoms with E-state index in [1.807, 2.05) is 6.07 Å². The van der Waals surface area contributed by atoms with Gasteiger partial charge in [-0.3, -0.25) is 4.90 Å². The van der Waals surface area contributed by atoms with Crippen molar-refractivity contribution in [3.63, 3.8) is 0 Å². The van der Waals surface area contributed by atoms with Crippen molar-refractivity contribution >= 4 is 0 Å². The van der Waals surface area contributed by atoms with Crippen molar-refractivity contribution < 1.29 is 9.50 Å². The van der Waals surface area contributed by atoms with Crippen LogP contribution in [0.4, 0.5) is 4.39 Å². The molecule has 2 aromatic carbocycles. The molecular formula is C21H27FN2O. The Morgan fingerprint density at radius 3 is 2.36 bits per heavy atom. The van der Waals surface area contributed by atoms with E-state index in [4.69, 9.17) is 0 Å². The van der Waals surface area contributed by atoms with Gasteiger partial charge in [-0.2, -0.15) is 0 Å². The maximum Gasteiger partial charge on any atom is 0.123 e. The van der Waals surface area contributed by atoms with Crippen molar-refractivity contribution in [2.75, 3.05) is 19.6 Å². The molecule has 0 aliphatic carbocycles. The molecular weight excluding hydrogens is 315 g/mol. The molecule has 0 saturated carbocycles. The van der Waals surface area contributed by atoms with Gasteiger partial charge in [-0.05, 0) is 56.1 Å². The zero-order chi connectivity index (χ0) is 17.7. The average molecular weight is 342 g/mol. The van der Waals surface area contributed by atoms with Crippen LogP contribution in [0.5, 0.6) is 0 Å². The molecule has 2 aromatic rings. The van der Waals surface area contributed by atoms with Crippen LogP contribution in [0, 0.1) is 5.82 Å². The summed E-state index contributed by atoms with van der Waals surface area (Å²) in [4.78, 5) is 2.48. The first kappa shape index (κ1) is 18.1. The fraction of sp³-hybridized carbons (Fsp3) is 0.429. The standard InChI is InChI=1S/C21H27FN2O/c1-21(25,18-7-9-19(22)10-8-18)16-23-20-11-13-24(14-12-20)15-17-5-3-2-4-6-17/h2-10,20,23,25H,11-16H2,1H3. The van der Waals surface area contributed by atoms with E-state index in [0.717, 1.165) is 38.0 Å².